The van der Waals surface area contributed by atoms with Gasteiger partial charge in [0.2, 0.25) is 0 Å². The van der Waals surface area contributed by atoms with Gasteiger partial charge in [-0.2, -0.15) is 0 Å². The van der Waals surface area contributed by atoms with E-state index >= 15 is 0 Å². The van der Waals surface area contributed by atoms with Crippen LogP contribution in [0.4, 0.5) is 20.4 Å². The number of allylic oxidation sites excluding steroid dienone is 2. The fraction of sp³-hybridized carbons (Fsp3) is 0.263. The monoisotopic (exact) mass is 778 g/mol. The Balaban J connectivity index is 0.000000218. The van der Waals surface area contributed by atoms with Crippen LogP contribution in [-0.4, -0.2) is 54.4 Å². The zero-order valence-electron chi connectivity index (χ0n) is 30.3. The maximum absolute atomic E-state index is 12.9. The minimum Gasteiger partial charge on any atom is -0.465 e. The number of rotatable bonds is 6. The molecule has 0 amide bonds. The Kier molecular flexibility index (Phi) is 14.4. The highest BCUT2D eigenvalue weighted by Gasteiger charge is 2.50. The maximum Gasteiger partial charge on any atom is 0.487 e. The Bertz CT molecular complexity index is 1920. The van der Waals surface area contributed by atoms with Crippen LogP contribution in [0.1, 0.15) is 78.9 Å². The number of hydrogen-bond donors (Lipinski definition) is 2. The fourth-order valence-electron chi connectivity index (χ4n) is 4.51. The molecule has 52 heavy (non-hydrogen) atoms. The molecule has 0 radical (unpaired) electrons. The summed E-state index contributed by atoms with van der Waals surface area (Å²) in [5.41, 5.74) is 15.6. The Morgan fingerprint density at radius 2 is 1.15 bits per heavy atom. The number of pyridine rings is 2. The van der Waals surface area contributed by atoms with Crippen molar-refractivity contribution in [2.24, 2.45) is 0 Å². The summed E-state index contributed by atoms with van der Waals surface area (Å²) in [5.74, 6) is 1.17. The number of anilines is 2. The van der Waals surface area contributed by atoms with Crippen molar-refractivity contribution in [3.63, 3.8) is 0 Å². The summed E-state index contributed by atoms with van der Waals surface area (Å²) in [7, 11) is 2.25. The topological polar surface area (TPSA) is 149 Å². The highest BCUT2D eigenvalue weighted by atomic mass is 79.9. The molecule has 14 heteroatoms. The predicted octanol–water partition coefficient (Wildman–Crippen LogP) is 8.22. The van der Waals surface area contributed by atoms with E-state index in [4.69, 9.17) is 20.8 Å². The van der Waals surface area contributed by atoms with Gasteiger partial charge in [0, 0.05) is 18.0 Å². The molecule has 1 saturated heterocycles. The average Bonchev–Trinajstić information content (AvgIpc) is 3.31. The van der Waals surface area contributed by atoms with E-state index in [2.05, 4.69) is 35.4 Å². The number of hydrogen-bond acceptors (Lipinski definition) is 10. The van der Waals surface area contributed by atoms with Crippen molar-refractivity contribution in [3.8, 4) is 0 Å². The zero-order valence-corrected chi connectivity index (χ0v) is 31.9. The molecule has 0 saturated carbocycles. The molecule has 2 aromatic carbocycles. The van der Waals surface area contributed by atoms with Crippen molar-refractivity contribution in [2.45, 2.75) is 52.7 Å². The molecular weight excluding hydrogens is 737 g/mol. The number of methoxy groups -OCH3 is 2. The van der Waals surface area contributed by atoms with Crippen LogP contribution in [0.25, 0.3) is 17.2 Å². The summed E-state index contributed by atoms with van der Waals surface area (Å²) in [6.45, 7) is 11.9. The van der Waals surface area contributed by atoms with Crippen molar-refractivity contribution in [1.29, 1.82) is 0 Å². The van der Waals surface area contributed by atoms with Crippen LogP contribution in [0.2, 0.25) is 0 Å². The minimum atomic E-state index is -0.475. The molecule has 0 bridgehead atoms. The first-order valence-electron chi connectivity index (χ1n) is 15.9. The molecule has 2 aromatic heterocycles. The molecule has 10 nitrogen and oxygen atoms in total. The van der Waals surface area contributed by atoms with Gasteiger partial charge in [-0.05, 0) is 117 Å². The van der Waals surface area contributed by atoms with Gasteiger partial charge in [0.15, 0.2) is 0 Å². The van der Waals surface area contributed by atoms with Crippen molar-refractivity contribution in [3.05, 3.63) is 123 Å². The first kappa shape index (κ1) is 41.5. The number of esters is 2. The molecule has 0 atom stereocenters. The average molecular weight is 779 g/mol. The van der Waals surface area contributed by atoms with Gasteiger partial charge >= 0.3 is 19.1 Å². The van der Waals surface area contributed by atoms with Crippen molar-refractivity contribution < 1.29 is 37.2 Å². The molecule has 274 valence electrons. The van der Waals surface area contributed by atoms with E-state index in [1.54, 1.807) is 42.5 Å². The number of benzene rings is 2. The molecule has 1 fully saturated rings. The van der Waals surface area contributed by atoms with Crippen LogP contribution < -0.4 is 11.5 Å². The summed E-state index contributed by atoms with van der Waals surface area (Å²) < 4.78 is 47.4. The van der Waals surface area contributed by atoms with Crippen molar-refractivity contribution in [2.75, 3.05) is 25.7 Å². The van der Waals surface area contributed by atoms with Gasteiger partial charge in [-0.25, -0.2) is 28.3 Å². The van der Waals surface area contributed by atoms with Crippen LogP contribution >= 0.6 is 15.9 Å². The van der Waals surface area contributed by atoms with E-state index in [1.807, 2.05) is 47.5 Å². The first-order chi connectivity index (χ1) is 24.4. The summed E-state index contributed by atoms with van der Waals surface area (Å²) in [6.07, 6.45) is 4.53. The van der Waals surface area contributed by atoms with Crippen LogP contribution in [0.5, 0.6) is 0 Å². The molecule has 0 spiro atoms. The highest BCUT2D eigenvalue weighted by Crippen LogP contribution is 2.37. The highest BCUT2D eigenvalue weighted by molar-refractivity contribution is 9.10. The molecule has 1 aliphatic heterocycles. The summed E-state index contributed by atoms with van der Waals surface area (Å²) >= 11 is 3.15. The molecule has 0 aliphatic carbocycles. The van der Waals surface area contributed by atoms with Crippen molar-refractivity contribution >= 4 is 63.8 Å². The van der Waals surface area contributed by atoms with Gasteiger partial charge in [-0.3, -0.25) is 0 Å². The third-order valence-electron chi connectivity index (χ3n) is 8.29. The number of ether oxygens (including phenoxy) is 2. The Morgan fingerprint density at radius 1 is 0.731 bits per heavy atom. The lowest BCUT2D eigenvalue weighted by molar-refractivity contribution is 0.00578. The minimum absolute atomic E-state index is 0.229. The van der Waals surface area contributed by atoms with Gasteiger partial charge < -0.3 is 30.2 Å². The van der Waals surface area contributed by atoms with E-state index in [-0.39, 0.29) is 30.0 Å². The van der Waals surface area contributed by atoms with Gasteiger partial charge in [-0.15, -0.1) is 0 Å². The fourth-order valence-corrected chi connectivity index (χ4v) is 4.86. The SMILES string of the molecule is C/C(=C\B1OC(C)(C)C(C)(C)O1)c1ccc(F)cc1.COC(=O)c1cnc(N)c(/C=C(\C)c2ccc(F)cc2)c1.COC(=O)c1cnc(N)c(Br)c1. The summed E-state index contributed by atoms with van der Waals surface area (Å²) in [4.78, 5) is 30.2. The molecule has 1 aliphatic rings. The normalized spacial score (nSPS) is 14.7. The van der Waals surface area contributed by atoms with Gasteiger partial charge in [0.1, 0.15) is 23.3 Å². The zero-order chi connectivity index (χ0) is 38.8. The van der Waals surface area contributed by atoms with Crippen LogP contribution in [0.15, 0.2) is 83.5 Å². The van der Waals surface area contributed by atoms with Crippen LogP contribution in [0, 0.1) is 11.6 Å². The predicted molar refractivity (Wildman–Crippen MR) is 204 cm³/mol. The molecule has 5 rings (SSSR count). The van der Waals surface area contributed by atoms with E-state index in [9.17, 15) is 18.4 Å². The number of halogens is 3. The van der Waals surface area contributed by atoms with E-state index in [1.165, 1.54) is 50.9 Å². The third-order valence-corrected chi connectivity index (χ3v) is 8.93. The summed E-state index contributed by atoms with van der Waals surface area (Å²) in [6, 6.07) is 15.7. The lowest BCUT2D eigenvalue weighted by atomic mass is 9.85. The molecule has 4 N–H and O–H groups in total. The first-order valence-corrected chi connectivity index (χ1v) is 16.7. The number of carbonyl (C=O) groups excluding carboxylic acids is 2. The number of aromatic nitrogens is 2. The second-order valence-electron chi connectivity index (χ2n) is 12.6. The Morgan fingerprint density at radius 3 is 1.60 bits per heavy atom. The second kappa shape index (κ2) is 18.0. The third kappa shape index (κ3) is 11.3. The lowest BCUT2D eigenvalue weighted by Crippen LogP contribution is -2.41. The van der Waals surface area contributed by atoms with Gasteiger partial charge in [0.05, 0.1) is 41.0 Å². The number of nitrogen functional groups attached to an aromatic ring is 2. The number of nitrogens with zero attached hydrogens (tertiary/aromatic N) is 2. The molecule has 3 heterocycles. The van der Waals surface area contributed by atoms with E-state index in [0.29, 0.717) is 32.8 Å². The largest absolute Gasteiger partial charge is 0.487 e. The smallest absolute Gasteiger partial charge is 0.465 e. The van der Waals surface area contributed by atoms with Gasteiger partial charge in [-0.1, -0.05) is 35.8 Å². The van der Waals surface area contributed by atoms with Crippen LogP contribution in [-0.2, 0) is 18.8 Å². The molecule has 4 aromatic rings. The molecular formula is C38H42BBrF2N4O6. The van der Waals surface area contributed by atoms with Gasteiger partial charge in [0.25, 0.3) is 0 Å². The Hall–Kier alpha value is -4.92. The van der Waals surface area contributed by atoms with E-state index < -0.39 is 11.9 Å². The lowest BCUT2D eigenvalue weighted by Gasteiger charge is -2.32. The van der Waals surface area contributed by atoms with E-state index in [0.717, 1.165) is 22.3 Å². The maximum atomic E-state index is 12.9. The Labute approximate surface area is 311 Å². The van der Waals surface area contributed by atoms with Crippen molar-refractivity contribution in [1.82, 2.24) is 9.97 Å². The quantitative estimate of drug-likeness (QED) is 0.145. The summed E-state index contributed by atoms with van der Waals surface area (Å²) in [5, 5.41) is 0. The molecule has 0 unspecified atom stereocenters. The number of nitrogens with two attached hydrogens (primary N) is 2. The number of carbonyl (C=O) groups is 2. The van der Waals surface area contributed by atoms with Crippen LogP contribution in [0.3, 0.4) is 0 Å². The second-order valence-corrected chi connectivity index (χ2v) is 13.4. The standard InChI is InChI=1S/C16H15FN2O2.C15H20BFO2.C7H7BrN2O2/c1-10(11-3-5-14(17)6-4-11)7-12-8-13(16(20)21-2)9-19-15(12)18;1-11(12-6-8-13(17)9-7-12)10-16-18-14(2,3)15(4,5)19-16;1-12-7(11)4-2-5(8)6(9)10-3-4/h3-9H,1-2H3,(H2,18,19);6-10H,1-5H3;2-3H,1H3,(H2,9,10)/b10-7+;11-10+;.